The van der Waals surface area contributed by atoms with E-state index in [2.05, 4.69) is 167 Å². The quantitative estimate of drug-likeness (QED) is 0.0261. The molecule has 0 fully saturated rings. The maximum Gasteiger partial charge on any atom is 0.306 e. The van der Waals surface area contributed by atoms with Crippen LogP contribution in [-0.2, 0) is 28.6 Å². The summed E-state index contributed by atoms with van der Waals surface area (Å²) >= 11 is 0. The maximum atomic E-state index is 12.9. The highest BCUT2D eigenvalue weighted by molar-refractivity contribution is 5.71. The Morgan fingerprint density at radius 2 is 0.539 bits per heavy atom. The van der Waals surface area contributed by atoms with Crippen LogP contribution >= 0.6 is 0 Å². The van der Waals surface area contributed by atoms with Crippen molar-refractivity contribution in [3.63, 3.8) is 0 Å². The van der Waals surface area contributed by atoms with E-state index in [1.54, 1.807) is 0 Å². The second kappa shape index (κ2) is 62.6. The summed E-state index contributed by atoms with van der Waals surface area (Å²) in [5.41, 5.74) is 0. The fourth-order valence-electron chi connectivity index (χ4n) is 7.81. The van der Waals surface area contributed by atoms with Crippen LogP contribution in [0.5, 0.6) is 0 Å². The van der Waals surface area contributed by atoms with Crippen LogP contribution in [0.15, 0.2) is 158 Å². The number of unbranched alkanes of at least 4 members (excludes halogenated alkanes) is 16. The summed E-state index contributed by atoms with van der Waals surface area (Å²) in [4.78, 5) is 38.1. The van der Waals surface area contributed by atoms with Crippen molar-refractivity contribution in [2.75, 3.05) is 13.2 Å². The van der Waals surface area contributed by atoms with Crippen LogP contribution in [0.1, 0.15) is 245 Å². The predicted molar refractivity (Wildman–Crippen MR) is 329 cm³/mol. The van der Waals surface area contributed by atoms with Gasteiger partial charge < -0.3 is 14.2 Å². The molecule has 6 nitrogen and oxygen atoms in total. The molecule has 0 N–H and O–H groups in total. The molecule has 0 amide bonds. The zero-order valence-electron chi connectivity index (χ0n) is 48.7. The topological polar surface area (TPSA) is 78.9 Å². The van der Waals surface area contributed by atoms with E-state index in [0.29, 0.717) is 19.3 Å². The normalized spacial score (nSPS) is 13.2. The fraction of sp³-hybridized carbons (Fsp3) is 0.586. The zero-order valence-corrected chi connectivity index (χ0v) is 48.7. The smallest absolute Gasteiger partial charge is 0.306 e. The standard InChI is InChI=1S/C70H110O6/c1-4-7-10-13-16-19-22-25-27-29-30-31-32-33-34-35-36-37-38-39-40-41-43-45-48-51-54-57-60-63-69(72)75-66-67(65-74-68(71)62-59-56-53-50-47-44-24-21-18-15-12-9-6-3)76-70(73)64-61-58-55-52-49-46-42-28-26-23-20-17-14-11-8-5-2/h7,9-10,12,16,18-19,21,25,27,30-31,33-34,36-37,39-40,43-45,47,51,53-54,56,67H,4-6,8,11,13-15,17,20,22-24,26,28-29,32,35,38,41-42,46,48-50,52,55,57-66H2,1-3H3/b10-7-,12-9-,19-16-,21-18-,27-25-,31-30-,34-33-,37-36-,40-39-,45-43-,47-44-,54-51-,56-53-. The highest BCUT2D eigenvalue weighted by Crippen LogP contribution is 2.15. The van der Waals surface area contributed by atoms with Gasteiger partial charge in [-0.3, -0.25) is 14.4 Å². The molecule has 1 atom stereocenters. The summed E-state index contributed by atoms with van der Waals surface area (Å²) in [6.07, 6.45) is 91.2. The van der Waals surface area contributed by atoms with E-state index in [-0.39, 0.29) is 44.0 Å². The summed E-state index contributed by atoms with van der Waals surface area (Å²) < 4.78 is 16.7. The van der Waals surface area contributed by atoms with Crippen LogP contribution in [0, 0.1) is 0 Å². The molecule has 0 heterocycles. The van der Waals surface area contributed by atoms with Crippen molar-refractivity contribution in [1.82, 2.24) is 0 Å². The lowest BCUT2D eigenvalue weighted by molar-refractivity contribution is -0.166. The first-order valence-corrected chi connectivity index (χ1v) is 30.5. The van der Waals surface area contributed by atoms with Gasteiger partial charge in [-0.25, -0.2) is 0 Å². The van der Waals surface area contributed by atoms with Gasteiger partial charge in [-0.2, -0.15) is 0 Å². The third kappa shape index (κ3) is 59.9. The number of esters is 3. The van der Waals surface area contributed by atoms with Crippen LogP contribution in [-0.4, -0.2) is 37.2 Å². The van der Waals surface area contributed by atoms with Gasteiger partial charge in [0.2, 0.25) is 0 Å². The summed E-state index contributed by atoms with van der Waals surface area (Å²) in [6, 6.07) is 0. The molecule has 0 aliphatic carbocycles. The molecular weight excluding hydrogens is 937 g/mol. The highest BCUT2D eigenvalue weighted by Gasteiger charge is 2.19. The first-order valence-electron chi connectivity index (χ1n) is 30.5. The average Bonchev–Trinajstić information content (AvgIpc) is 3.42. The van der Waals surface area contributed by atoms with Gasteiger partial charge in [-0.15, -0.1) is 0 Å². The lowest BCUT2D eigenvalue weighted by atomic mass is 10.0. The first kappa shape index (κ1) is 71.0. The molecule has 0 rings (SSSR count). The van der Waals surface area contributed by atoms with Crippen molar-refractivity contribution in [1.29, 1.82) is 0 Å². The van der Waals surface area contributed by atoms with Crippen molar-refractivity contribution >= 4 is 17.9 Å². The van der Waals surface area contributed by atoms with E-state index in [4.69, 9.17) is 14.2 Å². The van der Waals surface area contributed by atoms with E-state index < -0.39 is 6.10 Å². The van der Waals surface area contributed by atoms with Gasteiger partial charge in [0.25, 0.3) is 0 Å². The van der Waals surface area contributed by atoms with Crippen molar-refractivity contribution in [2.24, 2.45) is 0 Å². The lowest BCUT2D eigenvalue weighted by Gasteiger charge is -2.18. The Hall–Kier alpha value is -4.97. The van der Waals surface area contributed by atoms with E-state index >= 15 is 0 Å². The molecule has 0 spiro atoms. The van der Waals surface area contributed by atoms with Crippen molar-refractivity contribution in [3.8, 4) is 0 Å². The molecule has 0 saturated heterocycles. The number of allylic oxidation sites excluding steroid dienone is 26. The molecule has 0 aromatic rings. The average molecular weight is 1050 g/mol. The Labute approximate surface area is 467 Å². The van der Waals surface area contributed by atoms with E-state index in [1.165, 1.54) is 83.5 Å². The molecule has 0 aliphatic heterocycles. The second-order valence-corrected chi connectivity index (χ2v) is 19.5. The Kier molecular flexibility index (Phi) is 58.5. The van der Waals surface area contributed by atoms with E-state index in [0.717, 1.165) is 109 Å². The van der Waals surface area contributed by atoms with Crippen LogP contribution in [0.4, 0.5) is 0 Å². The third-order valence-corrected chi connectivity index (χ3v) is 12.3. The minimum atomic E-state index is -0.836. The largest absolute Gasteiger partial charge is 0.462 e. The molecule has 426 valence electrons. The fourth-order valence-corrected chi connectivity index (χ4v) is 7.81. The highest BCUT2D eigenvalue weighted by atomic mass is 16.6. The molecule has 0 aromatic carbocycles. The summed E-state index contributed by atoms with van der Waals surface area (Å²) in [7, 11) is 0. The number of hydrogen-bond donors (Lipinski definition) is 0. The maximum absolute atomic E-state index is 12.9. The van der Waals surface area contributed by atoms with Gasteiger partial charge in [0.05, 0.1) is 0 Å². The third-order valence-electron chi connectivity index (χ3n) is 12.3. The van der Waals surface area contributed by atoms with E-state index in [9.17, 15) is 14.4 Å². The van der Waals surface area contributed by atoms with Gasteiger partial charge in [0, 0.05) is 19.3 Å². The number of rotatable bonds is 53. The Balaban J connectivity index is 4.48. The SMILES string of the molecule is CC/C=C\C/C=C\C/C=C\C/C=C\C/C=C\C/C=C\C/C=C\C/C=C\C/C=C\CCCC(=O)OCC(COC(=O)CC/C=C\C/C=C\C/C=C\C/C=C\CC)OC(=O)CCCCCCCCCCCCCCCCCC. The molecule has 76 heavy (non-hydrogen) atoms. The molecule has 0 saturated carbocycles. The molecular formula is C70H110O6. The summed E-state index contributed by atoms with van der Waals surface area (Å²) in [5.74, 6) is -1.07. The van der Waals surface area contributed by atoms with Crippen LogP contribution in [0.3, 0.4) is 0 Å². The van der Waals surface area contributed by atoms with E-state index in [1.807, 2.05) is 12.2 Å². The molecule has 0 aromatic heterocycles. The predicted octanol–water partition coefficient (Wildman–Crippen LogP) is 20.9. The lowest BCUT2D eigenvalue weighted by Crippen LogP contribution is -2.30. The van der Waals surface area contributed by atoms with Gasteiger partial charge in [-0.1, -0.05) is 275 Å². The molecule has 6 heteroatoms. The van der Waals surface area contributed by atoms with Crippen LogP contribution < -0.4 is 0 Å². The van der Waals surface area contributed by atoms with Crippen LogP contribution in [0.25, 0.3) is 0 Å². The van der Waals surface area contributed by atoms with Gasteiger partial charge in [0.15, 0.2) is 6.10 Å². The van der Waals surface area contributed by atoms with Gasteiger partial charge in [-0.05, 0) is 109 Å². The van der Waals surface area contributed by atoms with Crippen molar-refractivity contribution in [2.45, 2.75) is 252 Å². The Morgan fingerprint density at radius 1 is 0.276 bits per heavy atom. The summed E-state index contributed by atoms with van der Waals surface area (Å²) in [6.45, 7) is 6.29. The number of carbonyl (C=O) groups is 3. The molecule has 1 unspecified atom stereocenters. The monoisotopic (exact) mass is 1050 g/mol. The second-order valence-electron chi connectivity index (χ2n) is 19.5. The Morgan fingerprint density at radius 3 is 0.868 bits per heavy atom. The number of ether oxygens (including phenoxy) is 3. The van der Waals surface area contributed by atoms with Gasteiger partial charge in [0.1, 0.15) is 13.2 Å². The minimum Gasteiger partial charge on any atom is -0.462 e. The summed E-state index contributed by atoms with van der Waals surface area (Å²) in [5, 5.41) is 0. The number of carbonyl (C=O) groups excluding carboxylic acids is 3. The number of hydrogen-bond acceptors (Lipinski definition) is 6. The van der Waals surface area contributed by atoms with Crippen LogP contribution in [0.2, 0.25) is 0 Å². The molecule has 0 radical (unpaired) electrons. The zero-order chi connectivity index (χ0) is 55.0. The first-order chi connectivity index (χ1) is 37.5. The molecule has 0 bridgehead atoms. The molecule has 0 aliphatic rings. The van der Waals surface area contributed by atoms with Crippen molar-refractivity contribution < 1.29 is 28.6 Å². The minimum absolute atomic E-state index is 0.135. The Bertz CT molecular complexity index is 1720. The van der Waals surface area contributed by atoms with Crippen molar-refractivity contribution in [3.05, 3.63) is 158 Å². The van der Waals surface area contributed by atoms with Gasteiger partial charge >= 0.3 is 17.9 Å².